The van der Waals surface area contributed by atoms with Crippen molar-refractivity contribution in [2.75, 3.05) is 0 Å². The number of rotatable bonds is 4. The van der Waals surface area contributed by atoms with Crippen molar-refractivity contribution in [3.8, 4) is 22.3 Å². The maximum atomic E-state index is 2.47. The van der Waals surface area contributed by atoms with Crippen LogP contribution < -0.4 is 0 Å². The highest BCUT2D eigenvalue weighted by molar-refractivity contribution is 6.10. The molecule has 7 aromatic carbocycles. The van der Waals surface area contributed by atoms with Gasteiger partial charge in [-0.05, 0) is 100 Å². The predicted molar refractivity (Wildman–Crippen MR) is 207 cm³/mol. The van der Waals surface area contributed by atoms with E-state index in [2.05, 4.69) is 185 Å². The first-order valence-electron chi connectivity index (χ1n) is 17.1. The van der Waals surface area contributed by atoms with Gasteiger partial charge in [-0.15, -0.1) is 0 Å². The summed E-state index contributed by atoms with van der Waals surface area (Å²) >= 11 is 0. The summed E-state index contributed by atoms with van der Waals surface area (Å²) in [5.74, 6) is 0. The van der Waals surface area contributed by atoms with Crippen LogP contribution in [0.2, 0.25) is 0 Å². The van der Waals surface area contributed by atoms with E-state index in [9.17, 15) is 0 Å². The Labute approximate surface area is 283 Å². The number of benzene rings is 7. The average Bonchev–Trinajstić information content (AvgIpc) is 3.49. The number of hydrogen-bond acceptors (Lipinski definition) is 0. The standard InChI is InChI=1S/C48H38/c1-47(2)41-29-33(25-23-31-15-7-5-8-16-31)35-19-11-13-21-37(35)43(41)39-27-28-40-44-38-22-14-12-20-36(38)34(26-24-32-17-9-6-10-18-32)30-42(44)48(3,4)46(40)45(39)47/h5-30H,1-4H3/b25-23+,26-24+. The van der Waals surface area contributed by atoms with Gasteiger partial charge in [-0.1, -0.05) is 173 Å². The lowest BCUT2D eigenvalue weighted by atomic mass is 9.72. The van der Waals surface area contributed by atoms with Crippen molar-refractivity contribution in [2.45, 2.75) is 38.5 Å². The molecular weight excluding hydrogens is 577 g/mol. The van der Waals surface area contributed by atoms with Crippen LogP contribution in [0.5, 0.6) is 0 Å². The van der Waals surface area contributed by atoms with Gasteiger partial charge in [0.15, 0.2) is 0 Å². The van der Waals surface area contributed by atoms with E-state index in [0.717, 1.165) is 0 Å². The van der Waals surface area contributed by atoms with Gasteiger partial charge in [0, 0.05) is 10.8 Å². The Morgan fingerprint density at radius 2 is 0.729 bits per heavy atom. The fourth-order valence-corrected chi connectivity index (χ4v) is 8.74. The molecule has 48 heavy (non-hydrogen) atoms. The molecule has 0 heterocycles. The Kier molecular flexibility index (Phi) is 6.30. The average molecular weight is 615 g/mol. The molecule has 230 valence electrons. The minimum Gasteiger partial charge on any atom is -0.0622 e. The molecule has 0 spiro atoms. The molecule has 0 saturated carbocycles. The highest BCUT2D eigenvalue weighted by atomic mass is 14.5. The quantitative estimate of drug-likeness (QED) is 0.173. The third kappa shape index (κ3) is 4.15. The topological polar surface area (TPSA) is 0 Å². The molecule has 0 nitrogen and oxygen atoms in total. The number of fused-ring (bicyclic) bond motifs is 11. The second-order valence-electron chi connectivity index (χ2n) is 14.5. The zero-order chi connectivity index (χ0) is 32.6. The molecule has 0 aromatic heterocycles. The molecule has 0 radical (unpaired) electrons. The second kappa shape index (κ2) is 10.5. The lowest BCUT2D eigenvalue weighted by Gasteiger charge is -2.31. The summed E-state index contributed by atoms with van der Waals surface area (Å²) in [6.07, 6.45) is 9.10. The highest BCUT2D eigenvalue weighted by Gasteiger charge is 2.46. The normalized spacial score (nSPS) is 15.2. The molecule has 0 saturated heterocycles. The third-order valence-electron chi connectivity index (χ3n) is 11.0. The van der Waals surface area contributed by atoms with Gasteiger partial charge >= 0.3 is 0 Å². The van der Waals surface area contributed by atoms with Crippen LogP contribution in [-0.2, 0) is 10.8 Å². The van der Waals surface area contributed by atoms with Crippen LogP contribution >= 0.6 is 0 Å². The van der Waals surface area contributed by atoms with Crippen molar-refractivity contribution in [3.63, 3.8) is 0 Å². The van der Waals surface area contributed by atoms with Gasteiger partial charge < -0.3 is 0 Å². The molecular formula is C48H38. The Morgan fingerprint density at radius 3 is 1.12 bits per heavy atom. The van der Waals surface area contributed by atoms with E-state index >= 15 is 0 Å². The monoisotopic (exact) mass is 614 g/mol. The van der Waals surface area contributed by atoms with E-state index in [1.807, 2.05) is 0 Å². The largest absolute Gasteiger partial charge is 0.0622 e. The zero-order valence-corrected chi connectivity index (χ0v) is 28.0. The van der Waals surface area contributed by atoms with E-state index < -0.39 is 0 Å². The maximum absolute atomic E-state index is 2.47. The Hall–Kier alpha value is -5.46. The summed E-state index contributed by atoms with van der Waals surface area (Å²) in [5.41, 5.74) is 16.0. The van der Waals surface area contributed by atoms with Gasteiger partial charge in [0.1, 0.15) is 0 Å². The molecule has 0 atom stereocenters. The van der Waals surface area contributed by atoms with Gasteiger partial charge in [0.2, 0.25) is 0 Å². The van der Waals surface area contributed by atoms with E-state index in [-0.39, 0.29) is 10.8 Å². The molecule has 0 heteroatoms. The van der Waals surface area contributed by atoms with Crippen molar-refractivity contribution in [2.24, 2.45) is 0 Å². The van der Waals surface area contributed by atoms with Crippen LogP contribution in [0.25, 0.3) is 68.1 Å². The summed E-state index contributed by atoms with van der Waals surface area (Å²) in [6, 6.07) is 49.0. The van der Waals surface area contributed by atoms with Crippen LogP contribution in [0.3, 0.4) is 0 Å². The summed E-state index contributed by atoms with van der Waals surface area (Å²) in [4.78, 5) is 0. The van der Waals surface area contributed by atoms with E-state index in [4.69, 9.17) is 0 Å². The summed E-state index contributed by atoms with van der Waals surface area (Å²) in [7, 11) is 0. The van der Waals surface area contributed by atoms with E-state index in [0.29, 0.717) is 0 Å². The third-order valence-corrected chi connectivity index (χ3v) is 11.0. The number of hydrogen-bond donors (Lipinski definition) is 0. The molecule has 0 N–H and O–H groups in total. The van der Waals surface area contributed by atoms with Crippen molar-refractivity contribution >= 4 is 45.8 Å². The predicted octanol–water partition coefficient (Wildman–Crippen LogP) is 12.9. The fourth-order valence-electron chi connectivity index (χ4n) is 8.74. The molecule has 0 bridgehead atoms. The molecule has 0 fully saturated rings. The molecule has 0 amide bonds. The lowest BCUT2D eigenvalue weighted by Crippen LogP contribution is -2.24. The molecule has 0 aliphatic heterocycles. The van der Waals surface area contributed by atoms with Crippen LogP contribution in [0.4, 0.5) is 0 Å². The molecule has 2 aliphatic carbocycles. The minimum atomic E-state index is -0.166. The Bertz CT molecular complexity index is 2290. The SMILES string of the molecule is CC1(C)c2cc(/C=C/c3ccccc3)c3ccccc3c2-c2ccc3c(c21)C(C)(C)c1cc(/C=C/c2ccccc2)c2ccccc2c1-3. The zero-order valence-electron chi connectivity index (χ0n) is 28.0. The van der Waals surface area contributed by atoms with Gasteiger partial charge in [0.25, 0.3) is 0 Å². The smallest absolute Gasteiger partial charge is 0.0162 e. The van der Waals surface area contributed by atoms with Gasteiger partial charge in [-0.3, -0.25) is 0 Å². The molecule has 2 aliphatic rings. The maximum Gasteiger partial charge on any atom is 0.0162 e. The molecule has 0 unspecified atom stereocenters. The molecule has 9 rings (SSSR count). The van der Waals surface area contributed by atoms with Crippen LogP contribution in [0.1, 0.15) is 72.2 Å². The van der Waals surface area contributed by atoms with Gasteiger partial charge in [-0.25, -0.2) is 0 Å². The van der Waals surface area contributed by atoms with Crippen molar-refractivity contribution < 1.29 is 0 Å². The van der Waals surface area contributed by atoms with Crippen molar-refractivity contribution in [1.82, 2.24) is 0 Å². The van der Waals surface area contributed by atoms with Gasteiger partial charge in [-0.2, -0.15) is 0 Å². The summed E-state index contributed by atoms with van der Waals surface area (Å²) < 4.78 is 0. The van der Waals surface area contributed by atoms with Crippen LogP contribution in [0.15, 0.2) is 133 Å². The first kappa shape index (κ1) is 28.7. The highest BCUT2D eigenvalue weighted by Crippen LogP contribution is 2.61. The van der Waals surface area contributed by atoms with E-state index in [1.54, 1.807) is 0 Å². The first-order valence-corrected chi connectivity index (χ1v) is 17.1. The fraction of sp³-hybridized carbons (Fsp3) is 0.125. The second-order valence-corrected chi connectivity index (χ2v) is 14.5. The summed E-state index contributed by atoms with van der Waals surface area (Å²) in [6.45, 7) is 9.79. The first-order chi connectivity index (χ1) is 23.3. The Morgan fingerprint density at radius 1 is 0.375 bits per heavy atom. The lowest BCUT2D eigenvalue weighted by molar-refractivity contribution is 0.601. The van der Waals surface area contributed by atoms with E-state index in [1.165, 1.54) is 88.3 Å². The van der Waals surface area contributed by atoms with Crippen molar-refractivity contribution in [3.05, 3.63) is 178 Å². The molecule has 7 aromatic rings. The summed E-state index contributed by atoms with van der Waals surface area (Å²) in [5, 5.41) is 5.27. The van der Waals surface area contributed by atoms with Crippen LogP contribution in [-0.4, -0.2) is 0 Å². The van der Waals surface area contributed by atoms with Gasteiger partial charge in [0.05, 0.1) is 0 Å². The van der Waals surface area contributed by atoms with Crippen molar-refractivity contribution in [1.29, 1.82) is 0 Å². The minimum absolute atomic E-state index is 0.166. The Balaban J connectivity index is 1.26. The van der Waals surface area contributed by atoms with Crippen LogP contribution in [0, 0.1) is 0 Å².